The van der Waals surface area contributed by atoms with Gasteiger partial charge < -0.3 is 14.8 Å². The molecule has 0 aromatic carbocycles. The first kappa shape index (κ1) is 22.3. The van der Waals surface area contributed by atoms with Crippen molar-refractivity contribution in [1.29, 1.82) is 0 Å². The van der Waals surface area contributed by atoms with Crippen LogP contribution in [-0.4, -0.2) is 59.1 Å². The van der Waals surface area contributed by atoms with E-state index in [1.165, 1.54) is 31.5 Å². The molecule has 1 fully saturated rings. The highest BCUT2D eigenvalue weighted by molar-refractivity contribution is 14.0. The van der Waals surface area contributed by atoms with Crippen LogP contribution in [0.4, 0.5) is 0 Å². The van der Waals surface area contributed by atoms with Gasteiger partial charge in [-0.05, 0) is 52.3 Å². The minimum atomic E-state index is 0. The molecule has 1 N–H and O–H groups in total. The normalized spacial score (nSPS) is 20.0. The number of piperidine rings is 1. The highest BCUT2D eigenvalue weighted by atomic mass is 127. The number of rotatable bonds is 6. The molecule has 2 rings (SSSR count). The van der Waals surface area contributed by atoms with Gasteiger partial charge in [-0.3, -0.25) is 9.89 Å². The zero-order chi connectivity index (χ0) is 17.5. The molecule has 1 saturated heterocycles. The van der Waals surface area contributed by atoms with E-state index in [1.807, 2.05) is 0 Å². The standard InChI is InChI=1S/C19H35N5.HI/c1-6-20-19(23(5)15-18-11-9-12-22(18)4)21-14-17(3)24-13-8-7-10-16(24)2;/h9,11-12,16-17H,6-8,10,13-15H2,1-5H3,(H,20,21);1H. The first-order valence-corrected chi connectivity index (χ1v) is 9.38. The molecule has 0 amide bonds. The maximum atomic E-state index is 4.91. The molecule has 25 heavy (non-hydrogen) atoms. The highest BCUT2D eigenvalue weighted by Gasteiger charge is 2.23. The van der Waals surface area contributed by atoms with Gasteiger partial charge in [-0.25, -0.2) is 0 Å². The van der Waals surface area contributed by atoms with E-state index >= 15 is 0 Å². The summed E-state index contributed by atoms with van der Waals surface area (Å²) in [5.41, 5.74) is 1.29. The molecule has 2 atom stereocenters. The third-order valence-corrected chi connectivity index (χ3v) is 5.07. The number of halogens is 1. The number of guanidine groups is 1. The summed E-state index contributed by atoms with van der Waals surface area (Å²) >= 11 is 0. The second kappa shape index (κ2) is 11.1. The quantitative estimate of drug-likeness (QED) is 0.401. The van der Waals surface area contributed by atoms with Gasteiger partial charge in [0.25, 0.3) is 0 Å². The van der Waals surface area contributed by atoms with Crippen molar-refractivity contribution in [2.75, 3.05) is 26.7 Å². The molecule has 6 heteroatoms. The average molecular weight is 461 g/mol. The van der Waals surface area contributed by atoms with Gasteiger partial charge in [-0.2, -0.15) is 0 Å². The van der Waals surface area contributed by atoms with E-state index < -0.39 is 0 Å². The fourth-order valence-electron chi connectivity index (χ4n) is 3.55. The van der Waals surface area contributed by atoms with Gasteiger partial charge in [0.1, 0.15) is 0 Å². The van der Waals surface area contributed by atoms with Crippen molar-refractivity contribution in [1.82, 2.24) is 19.7 Å². The number of aryl methyl sites for hydroxylation is 1. The molecule has 2 unspecified atom stereocenters. The fraction of sp³-hybridized carbons (Fsp3) is 0.737. The molecule has 1 aromatic rings. The Kier molecular flexibility index (Phi) is 9.86. The predicted molar refractivity (Wildman–Crippen MR) is 118 cm³/mol. The Morgan fingerprint density at radius 1 is 1.44 bits per heavy atom. The Labute approximate surface area is 170 Å². The van der Waals surface area contributed by atoms with Crippen LogP contribution in [0.1, 0.15) is 45.7 Å². The lowest BCUT2D eigenvalue weighted by atomic mass is 10.0. The maximum absolute atomic E-state index is 4.91. The van der Waals surface area contributed by atoms with Crippen LogP contribution in [0, 0.1) is 0 Å². The van der Waals surface area contributed by atoms with Crippen LogP contribution >= 0.6 is 24.0 Å². The van der Waals surface area contributed by atoms with Gasteiger partial charge >= 0.3 is 0 Å². The van der Waals surface area contributed by atoms with E-state index in [9.17, 15) is 0 Å². The molecule has 1 aliphatic heterocycles. The van der Waals surface area contributed by atoms with E-state index in [-0.39, 0.29) is 24.0 Å². The number of aromatic nitrogens is 1. The van der Waals surface area contributed by atoms with Crippen molar-refractivity contribution in [3.63, 3.8) is 0 Å². The van der Waals surface area contributed by atoms with Gasteiger partial charge in [0.05, 0.1) is 13.1 Å². The summed E-state index contributed by atoms with van der Waals surface area (Å²) in [7, 11) is 4.20. The molecular weight excluding hydrogens is 425 g/mol. The lowest BCUT2D eigenvalue weighted by Crippen LogP contribution is -2.46. The van der Waals surface area contributed by atoms with E-state index in [4.69, 9.17) is 4.99 Å². The molecule has 1 aromatic heterocycles. The Hall–Kier alpha value is -0.760. The molecule has 1 aliphatic rings. The van der Waals surface area contributed by atoms with Crippen molar-refractivity contribution in [2.45, 2.75) is 58.7 Å². The number of nitrogens with zero attached hydrogens (tertiary/aromatic N) is 4. The topological polar surface area (TPSA) is 35.8 Å². The number of nitrogens with one attached hydrogen (secondary N) is 1. The smallest absolute Gasteiger partial charge is 0.194 e. The highest BCUT2D eigenvalue weighted by Crippen LogP contribution is 2.19. The van der Waals surface area contributed by atoms with Crippen LogP contribution in [-0.2, 0) is 13.6 Å². The summed E-state index contributed by atoms with van der Waals surface area (Å²) in [6, 6.07) is 5.44. The minimum absolute atomic E-state index is 0. The van der Waals surface area contributed by atoms with Crippen LogP contribution in [0.15, 0.2) is 23.3 Å². The van der Waals surface area contributed by atoms with Crippen molar-refractivity contribution >= 4 is 29.9 Å². The molecule has 2 heterocycles. The summed E-state index contributed by atoms with van der Waals surface area (Å²) < 4.78 is 2.16. The van der Waals surface area contributed by atoms with Gasteiger partial charge in [0.15, 0.2) is 5.96 Å². The van der Waals surface area contributed by atoms with Gasteiger partial charge in [0.2, 0.25) is 0 Å². The first-order chi connectivity index (χ1) is 11.5. The van der Waals surface area contributed by atoms with E-state index in [1.54, 1.807) is 0 Å². The van der Waals surface area contributed by atoms with Gasteiger partial charge in [0, 0.05) is 44.6 Å². The Morgan fingerprint density at radius 2 is 2.20 bits per heavy atom. The van der Waals surface area contributed by atoms with Crippen LogP contribution < -0.4 is 5.32 Å². The van der Waals surface area contributed by atoms with E-state index in [0.717, 1.165) is 25.6 Å². The second-order valence-electron chi connectivity index (χ2n) is 7.09. The van der Waals surface area contributed by atoms with E-state index in [0.29, 0.717) is 12.1 Å². The van der Waals surface area contributed by atoms with Crippen molar-refractivity contribution in [3.05, 3.63) is 24.0 Å². The molecular formula is C19H36IN5. The number of hydrogen-bond acceptors (Lipinski definition) is 2. The summed E-state index contributed by atoms with van der Waals surface area (Å²) in [4.78, 5) is 9.75. The largest absolute Gasteiger partial charge is 0.357 e. The van der Waals surface area contributed by atoms with Crippen molar-refractivity contribution in [3.8, 4) is 0 Å². The van der Waals surface area contributed by atoms with Crippen LogP contribution in [0.5, 0.6) is 0 Å². The number of hydrogen-bond donors (Lipinski definition) is 1. The molecule has 0 aliphatic carbocycles. The summed E-state index contributed by atoms with van der Waals surface area (Å²) in [6.07, 6.45) is 6.11. The molecule has 5 nitrogen and oxygen atoms in total. The molecule has 0 radical (unpaired) electrons. The molecule has 144 valence electrons. The van der Waals surface area contributed by atoms with Crippen molar-refractivity contribution in [2.24, 2.45) is 12.0 Å². The molecule has 0 saturated carbocycles. The lowest BCUT2D eigenvalue weighted by molar-refractivity contribution is 0.118. The number of likely N-dealkylation sites (tertiary alicyclic amines) is 1. The summed E-state index contributed by atoms with van der Waals surface area (Å²) in [6.45, 7) is 10.6. The monoisotopic (exact) mass is 461 g/mol. The summed E-state index contributed by atoms with van der Waals surface area (Å²) in [5.74, 6) is 0.996. The zero-order valence-electron chi connectivity index (χ0n) is 16.5. The number of aliphatic imine (C=N–C) groups is 1. The van der Waals surface area contributed by atoms with Gasteiger partial charge in [-0.1, -0.05) is 6.42 Å². The summed E-state index contributed by atoms with van der Waals surface area (Å²) in [5, 5.41) is 3.43. The molecule has 0 bridgehead atoms. The first-order valence-electron chi connectivity index (χ1n) is 9.38. The third kappa shape index (κ3) is 6.47. The van der Waals surface area contributed by atoms with Crippen LogP contribution in [0.2, 0.25) is 0 Å². The SMILES string of the molecule is CCNC(=NCC(C)N1CCCCC1C)N(C)Cc1cccn1C.I. The Bertz CT molecular complexity index is 528. The predicted octanol–water partition coefficient (Wildman–Crippen LogP) is 3.30. The Balaban J connectivity index is 0.00000312. The van der Waals surface area contributed by atoms with Crippen LogP contribution in [0.25, 0.3) is 0 Å². The van der Waals surface area contributed by atoms with Gasteiger partial charge in [-0.15, -0.1) is 24.0 Å². The fourth-order valence-corrected chi connectivity index (χ4v) is 3.55. The lowest BCUT2D eigenvalue weighted by Gasteiger charge is -2.37. The zero-order valence-corrected chi connectivity index (χ0v) is 18.9. The second-order valence-corrected chi connectivity index (χ2v) is 7.09. The Morgan fingerprint density at radius 3 is 2.80 bits per heavy atom. The average Bonchev–Trinajstić information content (AvgIpc) is 2.96. The van der Waals surface area contributed by atoms with Crippen molar-refractivity contribution < 1.29 is 0 Å². The maximum Gasteiger partial charge on any atom is 0.194 e. The molecule has 0 spiro atoms. The minimum Gasteiger partial charge on any atom is -0.357 e. The van der Waals surface area contributed by atoms with Crippen LogP contribution in [0.3, 0.4) is 0 Å². The third-order valence-electron chi connectivity index (χ3n) is 5.07. The van der Waals surface area contributed by atoms with E-state index in [2.05, 4.69) is 72.9 Å².